The van der Waals surface area contributed by atoms with Gasteiger partial charge in [-0.1, -0.05) is 19.1 Å². The summed E-state index contributed by atoms with van der Waals surface area (Å²) in [6.07, 6.45) is 6.40. The zero-order valence-electron chi connectivity index (χ0n) is 17.3. The number of likely N-dealkylation sites (tertiary alicyclic amines) is 1. The van der Waals surface area contributed by atoms with Gasteiger partial charge in [-0.25, -0.2) is 0 Å². The fourth-order valence-electron chi connectivity index (χ4n) is 4.43. The first-order valence-electron chi connectivity index (χ1n) is 10.2. The number of rotatable bonds is 8. The Morgan fingerprint density at radius 3 is 2.31 bits per heavy atom. The monoisotopic (exact) mass is 517 g/mol. The maximum absolute atomic E-state index is 12.6. The van der Waals surface area contributed by atoms with E-state index in [1.165, 1.54) is 4.90 Å². The van der Waals surface area contributed by atoms with E-state index in [2.05, 4.69) is 33.1 Å². The number of nitrogens with one attached hydrogen (secondary N) is 3. The maximum Gasteiger partial charge on any atom is 0.233 e. The average molecular weight is 517 g/mol. The number of allylic oxidation sites excluding steroid dienone is 2. The normalized spacial score (nSPS) is 28.2. The Kier molecular flexibility index (Phi) is 8.47. The van der Waals surface area contributed by atoms with Crippen LogP contribution in [-0.2, 0) is 14.4 Å². The van der Waals surface area contributed by atoms with Crippen LogP contribution < -0.4 is 16.0 Å². The Morgan fingerprint density at radius 2 is 1.76 bits per heavy atom. The Hall–Kier alpha value is -1.65. The predicted octanol–water partition coefficient (Wildman–Crippen LogP) is 0.881. The van der Waals surface area contributed by atoms with Crippen LogP contribution in [0.15, 0.2) is 17.1 Å². The molecule has 0 spiro atoms. The topological polar surface area (TPSA) is 103 Å². The van der Waals surface area contributed by atoms with Crippen LogP contribution in [0.5, 0.6) is 0 Å². The lowest BCUT2D eigenvalue weighted by Gasteiger charge is -2.18. The highest BCUT2D eigenvalue weighted by Crippen LogP contribution is 2.52. The molecule has 5 unspecified atom stereocenters. The molecule has 1 heterocycles. The molecule has 1 saturated heterocycles. The third-order valence-corrected chi connectivity index (χ3v) is 6.08. The van der Waals surface area contributed by atoms with Crippen LogP contribution >= 0.6 is 24.0 Å². The first-order chi connectivity index (χ1) is 13.5. The SMILES string of the molecule is CCC(C)NC(=O)CCNC(=NC)NCCN1C(=O)C2C3C=CC(C3)C2C1=O.I. The molecule has 1 aliphatic heterocycles. The minimum Gasteiger partial charge on any atom is -0.356 e. The molecule has 2 aliphatic carbocycles. The lowest BCUT2D eigenvalue weighted by atomic mass is 9.85. The minimum atomic E-state index is -0.149. The summed E-state index contributed by atoms with van der Waals surface area (Å²) in [7, 11) is 1.65. The van der Waals surface area contributed by atoms with Crippen LogP contribution in [0.1, 0.15) is 33.1 Å². The highest BCUT2D eigenvalue weighted by Gasteiger charge is 2.58. The molecule has 162 valence electrons. The molecule has 3 amide bonds. The van der Waals surface area contributed by atoms with E-state index in [-0.39, 0.29) is 71.4 Å². The number of hydrogen-bond acceptors (Lipinski definition) is 4. The van der Waals surface area contributed by atoms with E-state index in [0.717, 1.165) is 12.8 Å². The van der Waals surface area contributed by atoms with Gasteiger partial charge in [-0.15, -0.1) is 24.0 Å². The van der Waals surface area contributed by atoms with Crippen LogP contribution in [0.4, 0.5) is 0 Å². The van der Waals surface area contributed by atoms with E-state index >= 15 is 0 Å². The average Bonchev–Trinajstić information content (AvgIpc) is 3.35. The van der Waals surface area contributed by atoms with E-state index in [1.54, 1.807) is 7.05 Å². The van der Waals surface area contributed by atoms with Crippen LogP contribution in [0, 0.1) is 23.7 Å². The highest BCUT2D eigenvalue weighted by atomic mass is 127. The number of halogens is 1. The van der Waals surface area contributed by atoms with E-state index < -0.39 is 0 Å². The molecule has 29 heavy (non-hydrogen) atoms. The molecule has 0 aromatic carbocycles. The van der Waals surface area contributed by atoms with Gasteiger partial charge in [-0.2, -0.15) is 0 Å². The largest absolute Gasteiger partial charge is 0.356 e. The third-order valence-electron chi connectivity index (χ3n) is 6.08. The Morgan fingerprint density at radius 1 is 1.17 bits per heavy atom. The van der Waals surface area contributed by atoms with Crippen LogP contribution in [0.2, 0.25) is 0 Å². The molecule has 2 fully saturated rings. The van der Waals surface area contributed by atoms with Crippen molar-refractivity contribution in [2.45, 2.75) is 39.2 Å². The van der Waals surface area contributed by atoms with Crippen molar-refractivity contribution in [2.75, 3.05) is 26.7 Å². The zero-order valence-corrected chi connectivity index (χ0v) is 19.6. The van der Waals surface area contributed by atoms with Gasteiger partial charge >= 0.3 is 0 Å². The summed E-state index contributed by atoms with van der Waals surface area (Å²) in [6.45, 7) is 5.22. The van der Waals surface area contributed by atoms with E-state index in [0.29, 0.717) is 32.0 Å². The van der Waals surface area contributed by atoms with Gasteiger partial charge in [0.15, 0.2) is 5.96 Å². The van der Waals surface area contributed by atoms with Crippen molar-refractivity contribution in [3.63, 3.8) is 0 Å². The molecule has 3 N–H and O–H groups in total. The molecule has 3 rings (SSSR count). The quantitative estimate of drug-likeness (QED) is 0.146. The van der Waals surface area contributed by atoms with Gasteiger partial charge in [0, 0.05) is 39.1 Å². The summed E-state index contributed by atoms with van der Waals surface area (Å²) in [5.74, 6) is 0.670. The maximum atomic E-state index is 12.6. The second-order valence-corrected chi connectivity index (χ2v) is 7.88. The Labute approximate surface area is 189 Å². The number of fused-ring (bicyclic) bond motifs is 5. The Balaban J connectivity index is 0.00000300. The molecule has 2 bridgehead atoms. The summed E-state index contributed by atoms with van der Waals surface area (Å²) >= 11 is 0. The van der Waals surface area contributed by atoms with Crippen molar-refractivity contribution in [2.24, 2.45) is 28.7 Å². The molecule has 0 aromatic heterocycles. The van der Waals surface area contributed by atoms with Gasteiger partial charge < -0.3 is 16.0 Å². The number of nitrogens with zero attached hydrogens (tertiary/aromatic N) is 2. The third kappa shape index (κ3) is 5.10. The van der Waals surface area contributed by atoms with Gasteiger partial charge in [0.2, 0.25) is 17.7 Å². The molecule has 9 heteroatoms. The lowest BCUT2D eigenvalue weighted by Crippen LogP contribution is -2.44. The molecule has 3 aliphatic rings. The van der Waals surface area contributed by atoms with E-state index in [9.17, 15) is 14.4 Å². The summed E-state index contributed by atoms with van der Waals surface area (Å²) in [6, 6.07) is 0.172. The number of imide groups is 1. The van der Waals surface area contributed by atoms with Crippen molar-refractivity contribution in [1.29, 1.82) is 0 Å². The van der Waals surface area contributed by atoms with Gasteiger partial charge in [0.1, 0.15) is 0 Å². The van der Waals surface area contributed by atoms with Gasteiger partial charge in [-0.05, 0) is 31.6 Å². The smallest absolute Gasteiger partial charge is 0.233 e. The highest BCUT2D eigenvalue weighted by molar-refractivity contribution is 14.0. The van der Waals surface area contributed by atoms with E-state index in [4.69, 9.17) is 0 Å². The lowest BCUT2D eigenvalue weighted by molar-refractivity contribution is -0.140. The number of carbonyl (C=O) groups excluding carboxylic acids is 3. The second-order valence-electron chi connectivity index (χ2n) is 7.88. The van der Waals surface area contributed by atoms with Gasteiger partial charge in [-0.3, -0.25) is 24.3 Å². The standard InChI is InChI=1S/C20H31N5O3.HI/c1-4-12(2)24-15(26)7-8-22-20(21-3)23-9-10-25-18(27)16-13-5-6-14(11-13)17(16)19(25)28;/h5-6,12-14,16-17H,4,7-11H2,1-3H3,(H,24,26)(H2,21,22,23);1H. The fourth-order valence-corrected chi connectivity index (χ4v) is 4.43. The number of guanidine groups is 1. The predicted molar refractivity (Wildman–Crippen MR) is 122 cm³/mol. The molecule has 0 radical (unpaired) electrons. The number of carbonyl (C=O) groups is 3. The fraction of sp³-hybridized carbons (Fsp3) is 0.700. The van der Waals surface area contributed by atoms with Gasteiger partial charge in [0.05, 0.1) is 11.8 Å². The Bertz CT molecular complexity index is 666. The van der Waals surface area contributed by atoms with Crippen molar-refractivity contribution >= 4 is 47.7 Å². The molecule has 8 nitrogen and oxygen atoms in total. The summed E-state index contributed by atoms with van der Waals surface area (Å²) < 4.78 is 0. The number of hydrogen-bond donors (Lipinski definition) is 3. The van der Waals surface area contributed by atoms with Crippen molar-refractivity contribution in [1.82, 2.24) is 20.9 Å². The van der Waals surface area contributed by atoms with Crippen LogP contribution in [0.3, 0.4) is 0 Å². The summed E-state index contributed by atoms with van der Waals surface area (Å²) in [4.78, 5) is 42.6. The molecule has 0 aromatic rings. The zero-order chi connectivity index (χ0) is 20.3. The summed E-state index contributed by atoms with van der Waals surface area (Å²) in [5.41, 5.74) is 0. The molecular formula is C20H32IN5O3. The minimum absolute atomic E-state index is 0. The van der Waals surface area contributed by atoms with Crippen LogP contribution in [-0.4, -0.2) is 61.3 Å². The second kappa shape index (κ2) is 10.4. The van der Waals surface area contributed by atoms with Gasteiger partial charge in [0.25, 0.3) is 0 Å². The number of aliphatic imine (C=N–C) groups is 1. The summed E-state index contributed by atoms with van der Waals surface area (Å²) in [5, 5.41) is 9.11. The molecular weight excluding hydrogens is 485 g/mol. The number of amides is 3. The van der Waals surface area contributed by atoms with Crippen molar-refractivity contribution in [3.8, 4) is 0 Å². The van der Waals surface area contributed by atoms with Crippen molar-refractivity contribution in [3.05, 3.63) is 12.2 Å². The molecule has 5 atom stereocenters. The van der Waals surface area contributed by atoms with Crippen molar-refractivity contribution < 1.29 is 14.4 Å². The van der Waals surface area contributed by atoms with Crippen LogP contribution in [0.25, 0.3) is 0 Å². The van der Waals surface area contributed by atoms with E-state index in [1.807, 2.05) is 13.8 Å². The first-order valence-corrected chi connectivity index (χ1v) is 10.2. The first kappa shape index (κ1) is 23.6. The molecule has 1 saturated carbocycles.